The number of aromatic nitrogens is 2. The van der Waals surface area contributed by atoms with Gasteiger partial charge < -0.3 is 36.7 Å². The van der Waals surface area contributed by atoms with Gasteiger partial charge in [-0.25, -0.2) is 4.98 Å². The van der Waals surface area contributed by atoms with Gasteiger partial charge in [0.1, 0.15) is 30.8 Å². The highest BCUT2D eigenvalue weighted by molar-refractivity contribution is 6.84. The zero-order chi connectivity index (χ0) is 35.3. The number of methoxy groups -OCH3 is 2. The van der Waals surface area contributed by atoms with Crippen LogP contribution in [0.4, 0.5) is 0 Å². The molecule has 10 nitrogen and oxygen atoms in total. The van der Waals surface area contributed by atoms with Gasteiger partial charge in [-0.3, -0.25) is 0 Å². The van der Waals surface area contributed by atoms with Crippen LogP contribution >= 0.6 is 0 Å². The number of hydrogen-bond donors (Lipinski definition) is 0. The van der Waals surface area contributed by atoms with Crippen molar-refractivity contribution in [2.24, 2.45) is 0 Å². The molecule has 2 aliphatic rings. The minimum atomic E-state index is -2.78. The maximum absolute atomic E-state index is 7.38. The molecule has 0 radical (unpaired) electrons. The summed E-state index contributed by atoms with van der Waals surface area (Å²) in [6.07, 6.45) is 1.55. The molecular weight excluding hydrogens is 657 g/mol. The zero-order valence-electron chi connectivity index (χ0n) is 30.7. The van der Waals surface area contributed by atoms with Crippen LogP contribution in [0.25, 0.3) is 0 Å². The molecule has 0 unspecified atom stereocenters. The molecule has 5 rings (SSSR count). The van der Waals surface area contributed by atoms with Gasteiger partial charge in [0.05, 0.1) is 38.6 Å². The van der Waals surface area contributed by atoms with Crippen LogP contribution in [0.1, 0.15) is 84.6 Å². The van der Waals surface area contributed by atoms with Crippen LogP contribution in [0.2, 0.25) is 22.2 Å². The lowest BCUT2D eigenvalue weighted by molar-refractivity contribution is -0.0392. The van der Waals surface area contributed by atoms with E-state index in [1.54, 1.807) is 20.4 Å². The summed E-state index contributed by atoms with van der Waals surface area (Å²) in [5, 5.41) is 0. The molecule has 2 saturated heterocycles. The summed E-state index contributed by atoms with van der Waals surface area (Å²) < 4.78 is 51.5. The Morgan fingerprint density at radius 2 is 1.24 bits per heavy atom. The summed E-state index contributed by atoms with van der Waals surface area (Å²) in [7, 11) is -2.17. The minimum Gasteiger partial charge on any atom is -0.497 e. The van der Waals surface area contributed by atoms with E-state index >= 15 is 0 Å². The number of rotatable bonds is 13. The van der Waals surface area contributed by atoms with E-state index in [1.165, 1.54) is 0 Å². The molecular formula is C37H54N2O8Si2. The lowest BCUT2D eigenvalue weighted by Crippen LogP contribution is -2.65. The fraction of sp³-hybridized carbons (Fsp3) is 0.568. The monoisotopic (exact) mass is 710 g/mol. The first-order valence-electron chi connectivity index (χ1n) is 17.5. The van der Waals surface area contributed by atoms with Crippen molar-refractivity contribution in [3.63, 3.8) is 0 Å². The van der Waals surface area contributed by atoms with Gasteiger partial charge in [-0.1, -0.05) is 79.7 Å². The molecule has 2 aliphatic heterocycles. The molecule has 3 heterocycles. The van der Waals surface area contributed by atoms with Crippen molar-refractivity contribution in [1.82, 2.24) is 9.97 Å². The quantitative estimate of drug-likeness (QED) is 0.161. The van der Waals surface area contributed by atoms with E-state index in [0.29, 0.717) is 32.1 Å². The molecule has 0 saturated carbocycles. The molecule has 0 spiro atoms. The van der Waals surface area contributed by atoms with Crippen LogP contribution in [-0.2, 0) is 30.9 Å². The second kappa shape index (κ2) is 15.9. The lowest BCUT2D eigenvalue weighted by Gasteiger charge is -2.51. The normalized spacial score (nSPS) is 21.8. The number of benzene rings is 2. The Morgan fingerprint density at radius 1 is 0.714 bits per heavy atom. The van der Waals surface area contributed by atoms with Crippen LogP contribution in [0.3, 0.4) is 0 Å². The van der Waals surface area contributed by atoms with Gasteiger partial charge >= 0.3 is 23.1 Å². The maximum atomic E-state index is 7.38. The van der Waals surface area contributed by atoms with Gasteiger partial charge in [-0.05, 0) is 57.6 Å². The predicted molar refractivity (Wildman–Crippen MR) is 193 cm³/mol. The first-order valence-corrected chi connectivity index (χ1v) is 21.4. The fourth-order valence-electron chi connectivity index (χ4n) is 6.86. The molecule has 0 aliphatic carbocycles. The average Bonchev–Trinajstić information content (AvgIpc) is 3.47. The van der Waals surface area contributed by atoms with Crippen molar-refractivity contribution in [1.29, 1.82) is 0 Å². The minimum absolute atomic E-state index is 0.201. The van der Waals surface area contributed by atoms with Crippen molar-refractivity contribution >= 4 is 17.1 Å². The Morgan fingerprint density at radius 3 is 1.76 bits per heavy atom. The summed E-state index contributed by atoms with van der Waals surface area (Å²) in [6.45, 7) is 18.9. The molecule has 12 heteroatoms. The van der Waals surface area contributed by atoms with Crippen molar-refractivity contribution < 1.29 is 36.7 Å². The van der Waals surface area contributed by atoms with E-state index in [2.05, 4.69) is 60.4 Å². The second-order valence-electron chi connectivity index (χ2n) is 14.2. The molecule has 49 heavy (non-hydrogen) atoms. The van der Waals surface area contributed by atoms with E-state index in [-0.39, 0.29) is 46.5 Å². The predicted octanol–water partition coefficient (Wildman–Crippen LogP) is 8.44. The van der Waals surface area contributed by atoms with Gasteiger partial charge in [-0.2, -0.15) is 4.98 Å². The van der Waals surface area contributed by atoms with E-state index in [9.17, 15) is 0 Å². The van der Waals surface area contributed by atoms with Gasteiger partial charge in [0.25, 0.3) is 0 Å². The van der Waals surface area contributed by atoms with Gasteiger partial charge in [0.2, 0.25) is 5.88 Å². The Hall–Kier alpha value is -3.01. The van der Waals surface area contributed by atoms with Gasteiger partial charge in [0.15, 0.2) is 0 Å². The molecule has 2 fully saturated rings. The summed E-state index contributed by atoms with van der Waals surface area (Å²) in [5.74, 6) is 1.98. The average molecular weight is 711 g/mol. The van der Waals surface area contributed by atoms with E-state index in [4.69, 9.17) is 41.6 Å². The third-order valence-electron chi connectivity index (χ3n) is 9.71. The molecule has 3 aromatic rings. The summed E-state index contributed by atoms with van der Waals surface area (Å²) in [5.41, 5.74) is 3.66. The van der Waals surface area contributed by atoms with E-state index in [1.807, 2.05) is 48.5 Å². The van der Waals surface area contributed by atoms with Crippen LogP contribution in [0.15, 0.2) is 54.7 Å². The molecule has 0 N–H and O–H groups in total. The molecule has 3 atom stereocenters. The highest BCUT2D eigenvalue weighted by atomic mass is 28.5. The van der Waals surface area contributed by atoms with Gasteiger partial charge in [-0.15, -0.1) is 0 Å². The summed E-state index contributed by atoms with van der Waals surface area (Å²) >= 11 is 0. The largest absolute Gasteiger partial charge is 0.497 e. The van der Waals surface area contributed by atoms with Crippen LogP contribution in [-0.4, -0.2) is 60.1 Å². The van der Waals surface area contributed by atoms with Crippen molar-refractivity contribution in [2.75, 3.05) is 20.8 Å². The molecule has 268 valence electrons. The highest BCUT2D eigenvalue weighted by Crippen LogP contribution is 2.49. The lowest BCUT2D eigenvalue weighted by atomic mass is 10.1. The Bertz CT molecular complexity index is 1490. The van der Waals surface area contributed by atoms with Crippen molar-refractivity contribution in [2.45, 2.75) is 116 Å². The molecule has 0 bridgehead atoms. The van der Waals surface area contributed by atoms with Crippen LogP contribution in [0.5, 0.6) is 23.4 Å². The topological polar surface area (TPSA) is 99.6 Å². The number of hydrogen-bond acceptors (Lipinski definition) is 10. The third kappa shape index (κ3) is 8.15. The Balaban J connectivity index is 1.44. The fourth-order valence-corrected chi connectivity index (χ4v) is 18.1. The van der Waals surface area contributed by atoms with Crippen molar-refractivity contribution in [3.05, 3.63) is 71.4 Å². The standard InChI is InChI=1S/C37H54N2O8Si2/c1-24(2)48(25(3)4)44-23-35-34(46-49(47-48,26(5)6)27(7)8)19-33(45-35)32-20-38-37(43-22-29-13-17-31(41-10)18-14-29)39-36(32)42-21-28-11-15-30(40-9)16-12-28/h11-18,20,24-27,33-35H,19,21-23H2,1-10H3/t33-,34+,35-/m1/s1. The second-order valence-corrected chi connectivity index (χ2v) is 23.1. The van der Waals surface area contributed by atoms with E-state index in [0.717, 1.165) is 28.2 Å². The molecule has 0 amide bonds. The highest BCUT2D eigenvalue weighted by Gasteiger charge is 2.60. The molecule has 1 aromatic heterocycles. The van der Waals surface area contributed by atoms with Crippen LogP contribution in [0, 0.1) is 0 Å². The smallest absolute Gasteiger partial charge is 0.335 e. The number of nitrogens with zero attached hydrogens (tertiary/aromatic N) is 2. The molecule has 2 aromatic carbocycles. The summed E-state index contributed by atoms with van der Waals surface area (Å²) in [4.78, 5) is 9.36. The first-order chi connectivity index (χ1) is 23.4. The van der Waals surface area contributed by atoms with E-state index < -0.39 is 17.1 Å². The van der Waals surface area contributed by atoms with Gasteiger partial charge in [0, 0.05) is 12.6 Å². The SMILES string of the molecule is COc1ccc(COc2ncc([C@H]3C[C@@H]4O[Si](C(C)C)(C(C)C)O[Si](C(C)C)(C(C)C)OC[C@H]4O3)c(OCc3ccc(OC)cc3)n2)cc1. The number of fused-ring (bicyclic) bond motifs is 1. The van der Waals surface area contributed by atoms with Crippen molar-refractivity contribution in [3.8, 4) is 23.4 Å². The third-order valence-corrected chi connectivity index (χ3v) is 20.0. The Labute approximate surface area is 294 Å². The first kappa shape index (κ1) is 37.3. The Kier molecular flexibility index (Phi) is 12.1. The zero-order valence-corrected chi connectivity index (χ0v) is 32.7. The van der Waals surface area contributed by atoms with Crippen LogP contribution < -0.4 is 18.9 Å². The maximum Gasteiger partial charge on any atom is 0.335 e. The summed E-state index contributed by atoms with van der Waals surface area (Å²) in [6, 6.07) is 15.7. The number of ether oxygens (including phenoxy) is 5.